The van der Waals surface area contributed by atoms with Gasteiger partial charge in [0.1, 0.15) is 5.82 Å². The highest BCUT2D eigenvalue weighted by Gasteiger charge is 2.14. The molecule has 1 amide bonds. The number of amidine groups is 1. The van der Waals surface area contributed by atoms with Crippen LogP contribution in [0.5, 0.6) is 0 Å². The number of nitrogens with zero attached hydrogens (tertiary/aromatic N) is 1. The molecule has 0 fully saturated rings. The van der Waals surface area contributed by atoms with Crippen LogP contribution in [0.2, 0.25) is 5.02 Å². The first-order valence-electron chi connectivity index (χ1n) is 5.21. The Morgan fingerprint density at radius 1 is 1.53 bits per heavy atom. The van der Waals surface area contributed by atoms with Gasteiger partial charge in [-0.25, -0.2) is 4.39 Å². The van der Waals surface area contributed by atoms with E-state index in [0.29, 0.717) is 18.1 Å². The summed E-state index contributed by atoms with van der Waals surface area (Å²) in [6, 6.07) is 4.01. The molecule has 2 N–H and O–H groups in total. The Hall–Kier alpha value is -1.62. The van der Waals surface area contributed by atoms with Gasteiger partial charge in [-0.1, -0.05) is 11.6 Å². The van der Waals surface area contributed by atoms with Crippen LogP contribution in [0.3, 0.4) is 0 Å². The van der Waals surface area contributed by atoms with Gasteiger partial charge in [0, 0.05) is 18.8 Å². The summed E-state index contributed by atoms with van der Waals surface area (Å²) in [6.45, 7) is 1.37. The number of amides is 1. The summed E-state index contributed by atoms with van der Waals surface area (Å²) in [4.78, 5) is 15.8. The number of nitrogens with one attached hydrogen (secondary N) is 2. The number of halogens is 2. The minimum Gasteiger partial charge on any atom is -0.366 e. The highest BCUT2D eigenvalue weighted by Crippen LogP contribution is 2.19. The van der Waals surface area contributed by atoms with Crippen molar-refractivity contribution in [2.24, 2.45) is 4.99 Å². The number of benzene rings is 1. The second-order valence-corrected chi connectivity index (χ2v) is 4.00. The minimum atomic E-state index is -0.516. The van der Waals surface area contributed by atoms with Gasteiger partial charge in [-0.05, 0) is 24.6 Å². The van der Waals surface area contributed by atoms with E-state index in [4.69, 9.17) is 11.6 Å². The van der Waals surface area contributed by atoms with E-state index in [2.05, 4.69) is 15.6 Å². The summed E-state index contributed by atoms with van der Waals surface area (Å²) in [5, 5.41) is 5.47. The van der Waals surface area contributed by atoms with Crippen LogP contribution in [0.4, 0.5) is 10.1 Å². The molecule has 1 aliphatic heterocycles. The lowest BCUT2D eigenvalue weighted by molar-refractivity contribution is -0.110. The molecule has 0 spiro atoms. The number of hydrogen-bond donors (Lipinski definition) is 2. The van der Waals surface area contributed by atoms with Crippen LogP contribution in [0.1, 0.15) is 6.42 Å². The number of hydrogen-bond acceptors (Lipinski definition) is 3. The number of aliphatic imine (C=N–C) groups is 1. The van der Waals surface area contributed by atoms with Crippen LogP contribution in [-0.4, -0.2) is 24.8 Å². The molecule has 6 heteroatoms. The summed E-state index contributed by atoms with van der Waals surface area (Å²) >= 11 is 5.61. The predicted molar refractivity (Wildman–Crippen MR) is 65.0 cm³/mol. The topological polar surface area (TPSA) is 53.5 Å². The molecule has 0 radical (unpaired) electrons. The maximum absolute atomic E-state index is 12.9. The molecule has 2 rings (SSSR count). The van der Waals surface area contributed by atoms with Crippen LogP contribution in [0, 0.1) is 5.82 Å². The molecule has 0 bridgehead atoms. The molecular formula is C11H11ClFN3O. The first-order valence-corrected chi connectivity index (χ1v) is 5.59. The van der Waals surface area contributed by atoms with Crippen LogP contribution >= 0.6 is 11.6 Å². The molecule has 0 aliphatic carbocycles. The maximum atomic E-state index is 12.9. The van der Waals surface area contributed by atoms with Crippen LogP contribution in [-0.2, 0) is 4.79 Å². The summed E-state index contributed by atoms with van der Waals surface area (Å²) in [6.07, 6.45) is 0.916. The lowest BCUT2D eigenvalue weighted by Gasteiger charge is -2.14. The summed E-state index contributed by atoms with van der Waals surface area (Å²) in [7, 11) is 0. The smallest absolute Gasteiger partial charge is 0.290 e. The number of carbonyl (C=O) groups excluding carboxylic acids is 1. The monoisotopic (exact) mass is 255 g/mol. The van der Waals surface area contributed by atoms with E-state index < -0.39 is 5.82 Å². The number of carbonyl (C=O) groups is 1. The molecule has 17 heavy (non-hydrogen) atoms. The van der Waals surface area contributed by atoms with Crippen molar-refractivity contribution in [1.29, 1.82) is 0 Å². The molecule has 0 aromatic heterocycles. The van der Waals surface area contributed by atoms with E-state index in [0.717, 1.165) is 13.0 Å². The van der Waals surface area contributed by atoms with E-state index in [1.807, 2.05) is 0 Å². The fraction of sp³-hybridized carbons (Fsp3) is 0.273. The lowest BCUT2D eigenvalue weighted by atomic mass is 10.3. The Bertz CT molecular complexity index is 476. The van der Waals surface area contributed by atoms with Crippen molar-refractivity contribution in [3.63, 3.8) is 0 Å². The zero-order chi connectivity index (χ0) is 12.3. The van der Waals surface area contributed by atoms with Crippen molar-refractivity contribution < 1.29 is 9.18 Å². The number of rotatable bonds is 2. The first-order chi connectivity index (χ1) is 8.16. The Labute approximate surface area is 103 Å². The molecule has 0 saturated heterocycles. The minimum absolute atomic E-state index is 0.0265. The molecule has 0 saturated carbocycles. The van der Waals surface area contributed by atoms with Gasteiger partial charge in [0.25, 0.3) is 5.91 Å². The highest BCUT2D eigenvalue weighted by molar-refractivity contribution is 6.42. The molecule has 4 nitrogen and oxygen atoms in total. The quantitative estimate of drug-likeness (QED) is 0.847. The first kappa shape index (κ1) is 11.9. The van der Waals surface area contributed by atoms with Crippen LogP contribution in [0.15, 0.2) is 23.2 Å². The predicted octanol–water partition coefficient (Wildman–Crippen LogP) is 1.81. The van der Waals surface area contributed by atoms with E-state index in [-0.39, 0.29) is 10.9 Å². The maximum Gasteiger partial charge on any atom is 0.290 e. The largest absolute Gasteiger partial charge is 0.366 e. The fourth-order valence-electron chi connectivity index (χ4n) is 1.45. The molecular weight excluding hydrogens is 245 g/mol. The summed E-state index contributed by atoms with van der Waals surface area (Å²) in [5.41, 5.74) is 0.441. The summed E-state index contributed by atoms with van der Waals surface area (Å²) in [5.74, 6) is -0.554. The number of anilines is 1. The van der Waals surface area contributed by atoms with Gasteiger partial charge in [0.15, 0.2) is 5.84 Å². The van der Waals surface area contributed by atoms with E-state index in [1.165, 1.54) is 18.2 Å². The third kappa shape index (κ3) is 2.94. The van der Waals surface area contributed by atoms with Gasteiger partial charge in [-0.2, -0.15) is 0 Å². The third-order valence-corrected chi connectivity index (χ3v) is 2.58. The van der Waals surface area contributed by atoms with Crippen LogP contribution < -0.4 is 10.6 Å². The van der Waals surface area contributed by atoms with Gasteiger partial charge < -0.3 is 10.6 Å². The average molecular weight is 256 g/mol. The molecule has 1 heterocycles. The molecule has 90 valence electrons. The Balaban J connectivity index is 2.07. The van der Waals surface area contributed by atoms with Gasteiger partial charge >= 0.3 is 0 Å². The molecule has 0 unspecified atom stereocenters. The summed E-state index contributed by atoms with van der Waals surface area (Å²) < 4.78 is 12.9. The van der Waals surface area contributed by atoms with Crippen molar-refractivity contribution in [3.8, 4) is 0 Å². The van der Waals surface area contributed by atoms with Crippen molar-refractivity contribution in [2.75, 3.05) is 18.4 Å². The van der Waals surface area contributed by atoms with E-state index in [1.54, 1.807) is 0 Å². The van der Waals surface area contributed by atoms with Crippen molar-refractivity contribution in [3.05, 3.63) is 29.0 Å². The van der Waals surface area contributed by atoms with E-state index >= 15 is 0 Å². The molecule has 1 aliphatic rings. The second kappa shape index (κ2) is 5.14. The fourth-order valence-corrected chi connectivity index (χ4v) is 1.63. The highest BCUT2D eigenvalue weighted by atomic mass is 35.5. The Kier molecular flexibility index (Phi) is 3.58. The zero-order valence-electron chi connectivity index (χ0n) is 8.96. The Morgan fingerprint density at radius 2 is 2.35 bits per heavy atom. The van der Waals surface area contributed by atoms with Crippen molar-refractivity contribution >= 4 is 29.0 Å². The van der Waals surface area contributed by atoms with Crippen LogP contribution in [0.25, 0.3) is 0 Å². The van der Waals surface area contributed by atoms with Crippen molar-refractivity contribution in [2.45, 2.75) is 6.42 Å². The van der Waals surface area contributed by atoms with Gasteiger partial charge in [-0.15, -0.1) is 0 Å². The van der Waals surface area contributed by atoms with E-state index in [9.17, 15) is 9.18 Å². The normalized spacial score (nSPS) is 14.8. The Morgan fingerprint density at radius 3 is 3.00 bits per heavy atom. The van der Waals surface area contributed by atoms with Gasteiger partial charge in [-0.3, -0.25) is 9.79 Å². The average Bonchev–Trinajstić information content (AvgIpc) is 2.35. The zero-order valence-corrected chi connectivity index (χ0v) is 9.72. The van der Waals surface area contributed by atoms with Crippen molar-refractivity contribution in [1.82, 2.24) is 5.32 Å². The molecule has 1 aromatic carbocycles. The molecule has 1 aromatic rings. The standard InChI is InChI=1S/C11H11ClFN3O/c12-8-6-7(2-3-9(8)13)16-11(17)10-14-4-1-5-15-10/h2-3,6H,1,4-5H2,(H,14,15)(H,16,17). The van der Waals surface area contributed by atoms with Gasteiger partial charge in [0.2, 0.25) is 0 Å². The van der Waals surface area contributed by atoms with Gasteiger partial charge in [0.05, 0.1) is 5.02 Å². The SMILES string of the molecule is O=C(Nc1ccc(F)c(Cl)c1)C1=NCCCN1. The molecule has 0 atom stereocenters. The third-order valence-electron chi connectivity index (χ3n) is 2.29. The second-order valence-electron chi connectivity index (χ2n) is 3.59. The lowest BCUT2D eigenvalue weighted by Crippen LogP contribution is -2.39.